The van der Waals surface area contributed by atoms with E-state index < -0.39 is 36.2 Å². The smallest absolute Gasteiger partial charge is 0.382 e. The third-order valence-corrected chi connectivity index (χ3v) is 6.73. The topological polar surface area (TPSA) is 40.5 Å². The molecule has 0 aromatic heterocycles. The van der Waals surface area contributed by atoms with Crippen LogP contribution in [0.2, 0.25) is 10.0 Å². The number of benzene rings is 2. The summed E-state index contributed by atoms with van der Waals surface area (Å²) < 4.78 is 40.9. The number of rotatable bonds is 7. The molecule has 178 valence electrons. The van der Waals surface area contributed by atoms with E-state index in [1.165, 1.54) is 11.8 Å². The highest BCUT2D eigenvalue weighted by atomic mass is 35.5. The fourth-order valence-electron chi connectivity index (χ4n) is 4.74. The van der Waals surface area contributed by atoms with Crippen LogP contribution in [0.15, 0.2) is 61.2 Å². The summed E-state index contributed by atoms with van der Waals surface area (Å²) in [5.74, 6) is -1.34. The standard InChI is InChI=1S/C25H26Cl2F3NO2/c1-3-6-17-14-20(16-7-5-8-19(27)13-16)22(15-9-11-18(26)12-10-15)31(24(17)33)21(4-2)23(32)25(28,29)30/h3,5,7-13,17,20-23,32H,1,4,6,14H2,2H3/t17-,20+,21?,22+,23?/m0/s1. The molecule has 8 heteroatoms. The van der Waals surface area contributed by atoms with Crippen LogP contribution in [-0.2, 0) is 4.79 Å². The molecule has 0 bridgehead atoms. The largest absolute Gasteiger partial charge is 0.416 e. The maximum atomic E-state index is 13.6. The Morgan fingerprint density at radius 1 is 1.15 bits per heavy atom. The third-order valence-electron chi connectivity index (χ3n) is 6.24. The molecular weight excluding hydrogens is 474 g/mol. The fraction of sp³-hybridized carbons (Fsp3) is 0.400. The van der Waals surface area contributed by atoms with Crippen molar-refractivity contribution in [3.05, 3.63) is 82.4 Å². The SMILES string of the molecule is C=CC[C@H]1C[C@H](c2cccc(Cl)c2)[C@@H](c2ccc(Cl)cc2)N(C(CC)C(O)C(F)(F)F)C1=O. The summed E-state index contributed by atoms with van der Waals surface area (Å²) in [5.41, 5.74) is 1.45. The van der Waals surface area contributed by atoms with Crippen molar-refractivity contribution in [1.29, 1.82) is 0 Å². The number of halogens is 5. The van der Waals surface area contributed by atoms with Crippen molar-refractivity contribution >= 4 is 29.1 Å². The van der Waals surface area contributed by atoms with Crippen LogP contribution in [0.1, 0.15) is 49.3 Å². The molecule has 1 amide bonds. The molecule has 1 N–H and O–H groups in total. The Hall–Kier alpha value is -2.02. The number of aliphatic hydroxyl groups is 1. The maximum Gasteiger partial charge on any atom is 0.416 e. The molecule has 0 spiro atoms. The lowest BCUT2D eigenvalue weighted by molar-refractivity contribution is -0.226. The minimum absolute atomic E-state index is 0.0699. The van der Waals surface area contributed by atoms with E-state index in [1.54, 1.807) is 48.5 Å². The molecule has 0 radical (unpaired) electrons. The second-order valence-corrected chi connectivity index (χ2v) is 9.20. The van der Waals surface area contributed by atoms with E-state index in [-0.39, 0.29) is 12.3 Å². The van der Waals surface area contributed by atoms with Crippen LogP contribution in [0.25, 0.3) is 0 Å². The van der Waals surface area contributed by atoms with Crippen molar-refractivity contribution in [1.82, 2.24) is 4.90 Å². The Kier molecular flexibility index (Phi) is 8.14. The molecule has 2 aromatic rings. The number of carbonyl (C=O) groups excluding carboxylic acids is 1. The van der Waals surface area contributed by atoms with E-state index in [1.807, 2.05) is 6.07 Å². The summed E-state index contributed by atoms with van der Waals surface area (Å²) in [5, 5.41) is 11.2. The summed E-state index contributed by atoms with van der Waals surface area (Å²) in [4.78, 5) is 14.8. The minimum atomic E-state index is -4.87. The predicted molar refractivity (Wildman–Crippen MR) is 124 cm³/mol. The monoisotopic (exact) mass is 499 g/mol. The van der Waals surface area contributed by atoms with E-state index in [0.717, 1.165) is 5.56 Å². The summed E-state index contributed by atoms with van der Waals surface area (Å²) >= 11 is 12.3. The number of aliphatic hydroxyl groups excluding tert-OH is 1. The van der Waals surface area contributed by atoms with Gasteiger partial charge in [0.05, 0.1) is 12.1 Å². The van der Waals surface area contributed by atoms with Crippen molar-refractivity contribution in [2.24, 2.45) is 5.92 Å². The van der Waals surface area contributed by atoms with Gasteiger partial charge >= 0.3 is 6.18 Å². The van der Waals surface area contributed by atoms with Crippen molar-refractivity contribution in [3.8, 4) is 0 Å². The molecule has 1 saturated heterocycles. The van der Waals surface area contributed by atoms with Gasteiger partial charge in [0.2, 0.25) is 5.91 Å². The Balaban J connectivity index is 2.22. The first-order valence-corrected chi connectivity index (χ1v) is 11.5. The molecule has 5 atom stereocenters. The third kappa shape index (κ3) is 5.56. The number of amides is 1. The van der Waals surface area contributed by atoms with E-state index >= 15 is 0 Å². The van der Waals surface area contributed by atoms with Crippen LogP contribution in [0, 0.1) is 5.92 Å². The van der Waals surface area contributed by atoms with Gasteiger partial charge < -0.3 is 10.0 Å². The van der Waals surface area contributed by atoms with Gasteiger partial charge in [0, 0.05) is 21.9 Å². The van der Waals surface area contributed by atoms with Crippen LogP contribution in [0.5, 0.6) is 0 Å². The minimum Gasteiger partial charge on any atom is -0.382 e. The van der Waals surface area contributed by atoms with Gasteiger partial charge in [-0.25, -0.2) is 0 Å². The second kappa shape index (κ2) is 10.5. The van der Waals surface area contributed by atoms with Crippen LogP contribution in [0.3, 0.4) is 0 Å². The summed E-state index contributed by atoms with van der Waals surface area (Å²) in [6.07, 6.45) is -5.29. The van der Waals surface area contributed by atoms with Gasteiger partial charge in [0.15, 0.2) is 6.10 Å². The number of alkyl halides is 3. The fourth-order valence-corrected chi connectivity index (χ4v) is 5.07. The van der Waals surface area contributed by atoms with E-state index in [2.05, 4.69) is 6.58 Å². The van der Waals surface area contributed by atoms with Crippen molar-refractivity contribution in [3.63, 3.8) is 0 Å². The van der Waals surface area contributed by atoms with Crippen molar-refractivity contribution in [2.75, 3.05) is 0 Å². The van der Waals surface area contributed by atoms with Gasteiger partial charge in [-0.05, 0) is 54.7 Å². The van der Waals surface area contributed by atoms with Crippen molar-refractivity contribution in [2.45, 2.75) is 56.5 Å². The quantitative estimate of drug-likeness (QED) is 0.419. The van der Waals surface area contributed by atoms with Crippen LogP contribution < -0.4 is 0 Å². The first kappa shape index (κ1) is 25.6. The summed E-state index contributed by atoms with van der Waals surface area (Å²) in [6, 6.07) is 11.7. The first-order valence-electron chi connectivity index (χ1n) is 10.8. The van der Waals surface area contributed by atoms with Crippen LogP contribution >= 0.6 is 23.2 Å². The molecule has 0 saturated carbocycles. The zero-order valence-electron chi connectivity index (χ0n) is 18.1. The Morgan fingerprint density at radius 2 is 1.82 bits per heavy atom. The number of piperidine rings is 1. The lowest BCUT2D eigenvalue weighted by Crippen LogP contribution is -2.57. The number of likely N-dealkylation sites (tertiary alicyclic amines) is 1. The van der Waals surface area contributed by atoms with E-state index in [9.17, 15) is 23.1 Å². The molecule has 0 aliphatic carbocycles. The molecular formula is C25H26Cl2F3NO2. The number of carbonyl (C=O) groups is 1. The maximum absolute atomic E-state index is 13.6. The summed E-state index contributed by atoms with van der Waals surface area (Å²) in [7, 11) is 0. The molecule has 1 aliphatic rings. The van der Waals surface area contributed by atoms with Gasteiger partial charge in [-0.3, -0.25) is 4.79 Å². The zero-order valence-corrected chi connectivity index (χ0v) is 19.6. The first-order chi connectivity index (χ1) is 15.6. The predicted octanol–water partition coefficient (Wildman–Crippen LogP) is 6.94. The van der Waals surface area contributed by atoms with Gasteiger partial charge in [-0.1, -0.05) is 60.5 Å². The molecule has 3 nitrogen and oxygen atoms in total. The lowest BCUT2D eigenvalue weighted by atomic mass is 9.74. The highest BCUT2D eigenvalue weighted by molar-refractivity contribution is 6.30. The summed E-state index contributed by atoms with van der Waals surface area (Å²) in [6.45, 7) is 5.26. The van der Waals surface area contributed by atoms with Crippen LogP contribution in [0.4, 0.5) is 13.2 Å². The van der Waals surface area contributed by atoms with Gasteiger partial charge in [0.1, 0.15) is 0 Å². The molecule has 2 aromatic carbocycles. The van der Waals surface area contributed by atoms with Gasteiger partial charge in [-0.2, -0.15) is 13.2 Å². The van der Waals surface area contributed by atoms with Gasteiger partial charge in [-0.15, -0.1) is 6.58 Å². The number of allylic oxidation sites excluding steroid dienone is 1. The number of hydrogen-bond acceptors (Lipinski definition) is 2. The van der Waals surface area contributed by atoms with E-state index in [0.29, 0.717) is 28.5 Å². The highest BCUT2D eigenvalue weighted by Crippen LogP contribution is 2.48. The number of nitrogens with zero attached hydrogens (tertiary/aromatic N) is 1. The lowest BCUT2D eigenvalue weighted by Gasteiger charge is -2.49. The normalized spacial score (nSPS) is 23.3. The van der Waals surface area contributed by atoms with E-state index in [4.69, 9.17) is 23.2 Å². The van der Waals surface area contributed by atoms with Crippen molar-refractivity contribution < 1.29 is 23.1 Å². The average molecular weight is 500 g/mol. The molecule has 1 aliphatic heterocycles. The Bertz CT molecular complexity index is 980. The van der Waals surface area contributed by atoms with Crippen LogP contribution in [-0.4, -0.2) is 34.2 Å². The second-order valence-electron chi connectivity index (χ2n) is 8.32. The molecule has 1 fully saturated rings. The molecule has 2 unspecified atom stereocenters. The molecule has 3 rings (SSSR count). The van der Waals surface area contributed by atoms with Gasteiger partial charge in [0.25, 0.3) is 0 Å². The Labute approximate surface area is 201 Å². The zero-order chi connectivity index (χ0) is 24.3. The number of hydrogen-bond donors (Lipinski definition) is 1. The highest BCUT2D eigenvalue weighted by Gasteiger charge is 2.52. The Morgan fingerprint density at radius 3 is 2.36 bits per heavy atom. The molecule has 1 heterocycles. The molecule has 33 heavy (non-hydrogen) atoms. The average Bonchev–Trinajstić information content (AvgIpc) is 2.76.